The molecular formula is C11H15N3O3. The Balaban J connectivity index is 2.08. The summed E-state index contributed by atoms with van der Waals surface area (Å²) < 4.78 is 1.64. The molecule has 2 heterocycles. The summed E-state index contributed by atoms with van der Waals surface area (Å²) in [6.07, 6.45) is 0. The van der Waals surface area contributed by atoms with Gasteiger partial charge in [-0.15, -0.1) is 0 Å². The number of amides is 1. The lowest BCUT2D eigenvalue weighted by Gasteiger charge is -2.36. The number of aromatic nitrogens is 2. The Morgan fingerprint density at radius 2 is 2.18 bits per heavy atom. The summed E-state index contributed by atoms with van der Waals surface area (Å²) in [5.74, 6) is -1.39. The van der Waals surface area contributed by atoms with Gasteiger partial charge in [0, 0.05) is 19.6 Å². The summed E-state index contributed by atoms with van der Waals surface area (Å²) in [6.45, 7) is 4.97. The van der Waals surface area contributed by atoms with E-state index in [-0.39, 0.29) is 5.91 Å². The highest BCUT2D eigenvalue weighted by atomic mass is 16.4. The first-order valence-electron chi connectivity index (χ1n) is 5.59. The van der Waals surface area contributed by atoms with E-state index in [2.05, 4.69) is 5.10 Å². The van der Waals surface area contributed by atoms with E-state index < -0.39 is 11.9 Å². The number of carbonyl (C=O) groups is 2. The molecule has 17 heavy (non-hydrogen) atoms. The number of carboxylic acid groups (broad SMARTS) is 1. The molecular weight excluding hydrogens is 222 g/mol. The summed E-state index contributed by atoms with van der Waals surface area (Å²) in [5.41, 5.74) is 1.33. The van der Waals surface area contributed by atoms with Crippen molar-refractivity contribution in [2.24, 2.45) is 5.92 Å². The maximum atomic E-state index is 12.1. The normalized spacial score (nSPS) is 15.8. The van der Waals surface area contributed by atoms with Crippen LogP contribution in [-0.4, -0.2) is 44.8 Å². The average Bonchev–Trinajstić information content (AvgIpc) is 2.56. The number of likely N-dealkylation sites (tertiary alicyclic amines) is 1. The molecule has 0 aliphatic carbocycles. The van der Waals surface area contributed by atoms with Gasteiger partial charge in [0.25, 0.3) is 5.91 Å². The first-order chi connectivity index (χ1) is 8.02. The lowest BCUT2D eigenvalue weighted by molar-refractivity contribution is -0.146. The molecule has 0 aromatic carbocycles. The first kappa shape index (κ1) is 11.6. The Morgan fingerprint density at radius 3 is 2.71 bits per heavy atom. The molecule has 1 aliphatic rings. The molecule has 1 amide bonds. The highest BCUT2D eigenvalue weighted by Crippen LogP contribution is 2.19. The van der Waals surface area contributed by atoms with Gasteiger partial charge >= 0.3 is 5.97 Å². The van der Waals surface area contributed by atoms with Gasteiger partial charge in [0.2, 0.25) is 0 Å². The maximum Gasteiger partial charge on any atom is 0.310 e. The summed E-state index contributed by atoms with van der Waals surface area (Å²) in [4.78, 5) is 24.3. The van der Waals surface area contributed by atoms with Gasteiger partial charge in [0.1, 0.15) is 5.69 Å². The van der Waals surface area contributed by atoms with E-state index in [1.54, 1.807) is 15.6 Å². The van der Waals surface area contributed by atoms with Crippen molar-refractivity contribution < 1.29 is 14.7 Å². The van der Waals surface area contributed by atoms with Crippen LogP contribution in [0.2, 0.25) is 0 Å². The van der Waals surface area contributed by atoms with Gasteiger partial charge < -0.3 is 10.0 Å². The van der Waals surface area contributed by atoms with Crippen LogP contribution in [0.15, 0.2) is 6.07 Å². The van der Waals surface area contributed by atoms with Crippen LogP contribution in [0.3, 0.4) is 0 Å². The zero-order valence-corrected chi connectivity index (χ0v) is 9.88. The fourth-order valence-electron chi connectivity index (χ4n) is 1.92. The van der Waals surface area contributed by atoms with Gasteiger partial charge in [-0.2, -0.15) is 5.10 Å². The first-order valence-corrected chi connectivity index (χ1v) is 5.59. The van der Waals surface area contributed by atoms with Gasteiger partial charge in [-0.1, -0.05) is 0 Å². The number of aryl methyl sites for hydroxylation is 2. The van der Waals surface area contributed by atoms with Crippen LogP contribution in [0.25, 0.3) is 0 Å². The summed E-state index contributed by atoms with van der Waals surface area (Å²) in [6, 6.07) is 1.74. The minimum atomic E-state index is -0.839. The van der Waals surface area contributed by atoms with Crippen molar-refractivity contribution in [2.45, 2.75) is 20.4 Å². The second-order valence-electron chi connectivity index (χ2n) is 4.23. The lowest BCUT2D eigenvalue weighted by atomic mass is 10.00. The molecule has 0 radical (unpaired) electrons. The Labute approximate surface area is 98.8 Å². The zero-order valence-electron chi connectivity index (χ0n) is 9.88. The van der Waals surface area contributed by atoms with Crippen LogP contribution >= 0.6 is 0 Å². The number of aliphatic carboxylic acids is 1. The number of nitrogens with zero attached hydrogens (tertiary/aromatic N) is 3. The molecule has 6 heteroatoms. The van der Waals surface area contributed by atoms with E-state index in [0.717, 1.165) is 5.69 Å². The summed E-state index contributed by atoms with van der Waals surface area (Å²) >= 11 is 0. The molecule has 92 valence electrons. The van der Waals surface area contributed by atoms with E-state index >= 15 is 0 Å². The second-order valence-corrected chi connectivity index (χ2v) is 4.23. The van der Waals surface area contributed by atoms with Gasteiger partial charge in [-0.3, -0.25) is 14.3 Å². The number of carbonyl (C=O) groups excluding carboxylic acids is 1. The predicted octanol–water partition coefficient (Wildman–Crippen LogP) is 0.368. The van der Waals surface area contributed by atoms with E-state index in [4.69, 9.17) is 5.11 Å². The molecule has 0 unspecified atom stereocenters. The van der Waals surface area contributed by atoms with Crippen molar-refractivity contribution in [3.8, 4) is 0 Å². The van der Waals surface area contributed by atoms with Crippen molar-refractivity contribution in [2.75, 3.05) is 13.1 Å². The third-order valence-electron chi connectivity index (χ3n) is 2.94. The Kier molecular flexibility index (Phi) is 2.87. The van der Waals surface area contributed by atoms with Gasteiger partial charge in [-0.25, -0.2) is 0 Å². The molecule has 6 nitrogen and oxygen atoms in total. The maximum absolute atomic E-state index is 12.1. The number of carboxylic acids is 1. The van der Waals surface area contributed by atoms with Gasteiger partial charge in [-0.05, 0) is 19.9 Å². The quantitative estimate of drug-likeness (QED) is 0.824. The molecule has 1 aromatic rings. The lowest BCUT2D eigenvalue weighted by Crippen LogP contribution is -2.53. The Morgan fingerprint density at radius 1 is 1.53 bits per heavy atom. The van der Waals surface area contributed by atoms with E-state index in [0.29, 0.717) is 25.3 Å². The van der Waals surface area contributed by atoms with Crippen LogP contribution in [0.1, 0.15) is 23.1 Å². The number of rotatable bonds is 3. The van der Waals surface area contributed by atoms with E-state index in [1.807, 2.05) is 13.8 Å². The van der Waals surface area contributed by atoms with Crippen LogP contribution < -0.4 is 0 Å². The molecule has 0 atom stereocenters. The molecule has 1 fully saturated rings. The van der Waals surface area contributed by atoms with Crippen LogP contribution in [0.5, 0.6) is 0 Å². The Bertz CT molecular complexity index is 461. The van der Waals surface area contributed by atoms with Crippen molar-refractivity contribution in [3.05, 3.63) is 17.5 Å². The molecule has 1 N–H and O–H groups in total. The minimum absolute atomic E-state index is 0.134. The molecule has 1 aliphatic heterocycles. The fraction of sp³-hybridized carbons (Fsp3) is 0.545. The third kappa shape index (κ3) is 2.02. The Hall–Kier alpha value is -1.85. The zero-order chi connectivity index (χ0) is 12.6. The van der Waals surface area contributed by atoms with Crippen LogP contribution in [-0.2, 0) is 11.3 Å². The smallest absolute Gasteiger partial charge is 0.310 e. The molecule has 0 spiro atoms. The van der Waals surface area contributed by atoms with E-state index in [9.17, 15) is 9.59 Å². The van der Waals surface area contributed by atoms with Crippen LogP contribution in [0.4, 0.5) is 0 Å². The molecule has 0 bridgehead atoms. The largest absolute Gasteiger partial charge is 0.481 e. The predicted molar refractivity (Wildman–Crippen MR) is 59.7 cm³/mol. The fourth-order valence-corrected chi connectivity index (χ4v) is 1.92. The minimum Gasteiger partial charge on any atom is -0.481 e. The van der Waals surface area contributed by atoms with Crippen LogP contribution in [0, 0.1) is 12.8 Å². The highest BCUT2D eigenvalue weighted by Gasteiger charge is 2.36. The number of hydrogen-bond donors (Lipinski definition) is 1. The third-order valence-corrected chi connectivity index (χ3v) is 2.94. The molecule has 1 saturated heterocycles. The monoisotopic (exact) mass is 237 g/mol. The number of hydrogen-bond acceptors (Lipinski definition) is 3. The van der Waals surface area contributed by atoms with Crippen molar-refractivity contribution >= 4 is 11.9 Å². The topological polar surface area (TPSA) is 75.4 Å². The molecule has 1 aromatic heterocycles. The van der Waals surface area contributed by atoms with Gasteiger partial charge in [0.15, 0.2) is 0 Å². The summed E-state index contributed by atoms with van der Waals surface area (Å²) in [7, 11) is 0. The van der Waals surface area contributed by atoms with Crippen molar-refractivity contribution in [1.82, 2.24) is 14.7 Å². The van der Waals surface area contributed by atoms with Crippen molar-refractivity contribution in [3.63, 3.8) is 0 Å². The molecule has 0 saturated carbocycles. The average molecular weight is 237 g/mol. The molecule has 2 rings (SSSR count). The SMILES string of the molecule is CCn1nc(C)cc1C(=O)N1CC(C(=O)O)C1. The van der Waals surface area contributed by atoms with Crippen molar-refractivity contribution in [1.29, 1.82) is 0 Å². The summed E-state index contributed by atoms with van der Waals surface area (Å²) in [5, 5.41) is 13.0. The highest BCUT2D eigenvalue weighted by molar-refractivity contribution is 5.94. The van der Waals surface area contributed by atoms with E-state index in [1.165, 1.54) is 0 Å². The van der Waals surface area contributed by atoms with Gasteiger partial charge in [0.05, 0.1) is 11.6 Å². The second kappa shape index (κ2) is 4.20. The standard InChI is InChI=1S/C11H15N3O3/c1-3-14-9(4-7(2)12-14)10(15)13-5-8(6-13)11(16)17/h4,8H,3,5-6H2,1-2H3,(H,16,17).